The molecule has 0 spiro atoms. The Kier molecular flexibility index (Phi) is 7.29. The molecule has 3 aromatic rings. The molecule has 1 saturated heterocycles. The second kappa shape index (κ2) is 9.92. The number of piperazine rings is 1. The monoisotopic (exact) mass is 522 g/mol. The number of carbonyl (C=O) groups excluding carboxylic acids is 1. The van der Waals surface area contributed by atoms with Crippen LogP contribution in [0.15, 0.2) is 41.7 Å². The van der Waals surface area contributed by atoms with Crippen LogP contribution in [-0.2, 0) is 18.3 Å². The minimum atomic E-state index is 0. The summed E-state index contributed by atoms with van der Waals surface area (Å²) in [7, 11) is 1.85. The Morgan fingerprint density at radius 3 is 2.83 bits per heavy atom. The average Bonchev–Trinajstić information content (AvgIpc) is 3.33. The third-order valence-corrected chi connectivity index (χ3v) is 4.91. The van der Waals surface area contributed by atoms with Crippen LogP contribution < -0.4 is 10.2 Å². The lowest BCUT2D eigenvalue weighted by molar-refractivity contribution is -0.120. The molecule has 0 radical (unpaired) electrons. The van der Waals surface area contributed by atoms with Gasteiger partial charge in [0, 0.05) is 45.8 Å². The fourth-order valence-electron chi connectivity index (χ4n) is 3.49. The highest BCUT2D eigenvalue weighted by Gasteiger charge is 2.27. The van der Waals surface area contributed by atoms with Crippen LogP contribution in [-0.4, -0.2) is 69.2 Å². The van der Waals surface area contributed by atoms with E-state index in [1.54, 1.807) is 15.8 Å². The van der Waals surface area contributed by atoms with Gasteiger partial charge in [0.2, 0.25) is 5.91 Å². The van der Waals surface area contributed by atoms with E-state index in [2.05, 4.69) is 20.4 Å². The van der Waals surface area contributed by atoms with Crippen LogP contribution in [0.4, 0.5) is 5.69 Å². The zero-order valence-electron chi connectivity index (χ0n) is 17.2. The lowest BCUT2D eigenvalue weighted by atomic mass is 10.3. The number of fused-ring (bicyclic) bond motifs is 1. The molecule has 1 aliphatic rings. The Hall–Kier alpha value is -2.63. The molecule has 0 aliphatic carbocycles. The van der Waals surface area contributed by atoms with Crippen molar-refractivity contribution in [3.05, 3.63) is 42.5 Å². The fraction of sp³-hybridized carbons (Fsp3) is 0.400. The molecule has 9 nitrogen and oxygen atoms in total. The Morgan fingerprint density at radius 2 is 2.13 bits per heavy atom. The van der Waals surface area contributed by atoms with E-state index in [9.17, 15) is 4.79 Å². The van der Waals surface area contributed by atoms with Crippen LogP contribution in [0.1, 0.15) is 12.7 Å². The Labute approximate surface area is 192 Å². The third-order valence-electron chi connectivity index (χ3n) is 4.91. The average molecular weight is 522 g/mol. The Bertz CT molecular complexity index is 994. The van der Waals surface area contributed by atoms with E-state index in [0.29, 0.717) is 26.1 Å². The highest BCUT2D eigenvalue weighted by molar-refractivity contribution is 14.0. The molecule has 2 N–H and O–H groups in total. The van der Waals surface area contributed by atoms with E-state index in [4.69, 9.17) is 4.99 Å². The van der Waals surface area contributed by atoms with Crippen molar-refractivity contribution in [2.45, 2.75) is 13.3 Å². The number of aliphatic imine (C=N–C) groups is 1. The first kappa shape index (κ1) is 22.1. The number of nitrogens with zero attached hydrogens (tertiary/aromatic N) is 6. The molecule has 4 rings (SSSR count). The zero-order chi connectivity index (χ0) is 20.2. The summed E-state index contributed by atoms with van der Waals surface area (Å²) in [5, 5.41) is 7.46. The molecule has 160 valence electrons. The van der Waals surface area contributed by atoms with Gasteiger partial charge in [-0.15, -0.1) is 24.0 Å². The number of halogens is 1. The minimum absolute atomic E-state index is 0. The molecule has 0 bridgehead atoms. The lowest BCUT2D eigenvalue weighted by Crippen LogP contribution is -2.55. The van der Waals surface area contributed by atoms with Crippen LogP contribution >= 0.6 is 24.0 Å². The first-order chi connectivity index (χ1) is 14.1. The molecule has 2 aromatic heterocycles. The smallest absolute Gasteiger partial charge is 0.246 e. The van der Waals surface area contributed by atoms with E-state index in [0.717, 1.165) is 41.6 Å². The number of para-hydroxylation sites is 2. The van der Waals surface area contributed by atoms with Gasteiger partial charge >= 0.3 is 0 Å². The maximum atomic E-state index is 12.7. The predicted molar refractivity (Wildman–Crippen MR) is 128 cm³/mol. The Morgan fingerprint density at radius 1 is 1.30 bits per heavy atom. The molecule has 0 saturated carbocycles. The molecular formula is C20H27IN8O. The van der Waals surface area contributed by atoms with Gasteiger partial charge in [0.15, 0.2) is 5.96 Å². The molecule has 1 aliphatic heterocycles. The van der Waals surface area contributed by atoms with Gasteiger partial charge in [-0.3, -0.25) is 14.5 Å². The first-order valence-corrected chi connectivity index (χ1v) is 9.90. The number of hydrogen-bond donors (Lipinski definition) is 2. The number of imidazole rings is 1. The van der Waals surface area contributed by atoms with Gasteiger partial charge in [0.05, 0.1) is 22.9 Å². The fourth-order valence-corrected chi connectivity index (χ4v) is 3.49. The lowest BCUT2D eigenvalue weighted by Gasteiger charge is -2.35. The predicted octanol–water partition coefficient (Wildman–Crippen LogP) is 1.77. The molecule has 3 heterocycles. The number of aromatic nitrogens is 4. The number of hydrogen-bond acceptors (Lipinski definition) is 4. The summed E-state index contributed by atoms with van der Waals surface area (Å²) in [6.07, 6.45) is 4.30. The highest BCUT2D eigenvalue weighted by atomic mass is 127. The quantitative estimate of drug-likeness (QED) is 0.303. The van der Waals surface area contributed by atoms with Crippen molar-refractivity contribution in [3.63, 3.8) is 0 Å². The molecule has 10 heteroatoms. The number of rotatable bonds is 5. The van der Waals surface area contributed by atoms with E-state index in [1.807, 2.05) is 49.3 Å². The summed E-state index contributed by atoms with van der Waals surface area (Å²) in [5.74, 6) is 1.73. The summed E-state index contributed by atoms with van der Waals surface area (Å²) in [6, 6.07) is 7.99. The molecule has 0 unspecified atom stereocenters. The molecule has 1 amide bonds. The number of nitrogens with one attached hydrogen (secondary N) is 2. The second-order valence-corrected chi connectivity index (χ2v) is 7.03. The van der Waals surface area contributed by atoms with Crippen molar-refractivity contribution < 1.29 is 4.79 Å². The minimum Gasteiger partial charge on any atom is -0.357 e. The largest absolute Gasteiger partial charge is 0.357 e. The van der Waals surface area contributed by atoms with Gasteiger partial charge in [-0.25, -0.2) is 4.98 Å². The normalized spacial score (nSPS) is 14.9. The van der Waals surface area contributed by atoms with Crippen molar-refractivity contribution in [2.24, 2.45) is 12.0 Å². The highest BCUT2D eigenvalue weighted by Crippen LogP contribution is 2.16. The molecule has 1 aromatic carbocycles. The van der Waals surface area contributed by atoms with Crippen molar-refractivity contribution in [3.8, 4) is 0 Å². The standard InChI is InChI=1S/C20H26N8O.HI/c1-3-21-20(22-9-8-18-24-16-6-4-5-7-17(16)25-18)27-10-11-28(19(29)14-27)15-12-23-26(2)13-15;/h4-7,12-13H,3,8-11,14H2,1-2H3,(H,21,22)(H,24,25);1H. The van der Waals surface area contributed by atoms with Gasteiger partial charge in [-0.2, -0.15) is 5.10 Å². The van der Waals surface area contributed by atoms with Crippen LogP contribution in [0.25, 0.3) is 11.0 Å². The van der Waals surface area contributed by atoms with Gasteiger partial charge in [0.1, 0.15) is 12.4 Å². The van der Waals surface area contributed by atoms with E-state index in [-0.39, 0.29) is 29.9 Å². The van der Waals surface area contributed by atoms with E-state index < -0.39 is 0 Å². The summed E-state index contributed by atoms with van der Waals surface area (Å²) >= 11 is 0. The number of guanidine groups is 1. The van der Waals surface area contributed by atoms with Gasteiger partial charge < -0.3 is 20.1 Å². The second-order valence-electron chi connectivity index (χ2n) is 7.03. The number of carbonyl (C=O) groups is 1. The van der Waals surface area contributed by atoms with E-state index in [1.165, 1.54) is 0 Å². The maximum Gasteiger partial charge on any atom is 0.246 e. The number of aromatic amines is 1. The van der Waals surface area contributed by atoms with Crippen LogP contribution in [0.5, 0.6) is 0 Å². The van der Waals surface area contributed by atoms with Crippen LogP contribution in [0.2, 0.25) is 0 Å². The Balaban J connectivity index is 0.00000256. The topological polar surface area (TPSA) is 94.4 Å². The summed E-state index contributed by atoms with van der Waals surface area (Å²) in [5.41, 5.74) is 2.84. The summed E-state index contributed by atoms with van der Waals surface area (Å²) in [6.45, 7) is 5.00. The van der Waals surface area contributed by atoms with Crippen molar-refractivity contribution in [1.29, 1.82) is 0 Å². The summed E-state index contributed by atoms with van der Waals surface area (Å²) in [4.78, 5) is 29.1. The van der Waals surface area contributed by atoms with Crippen LogP contribution in [0.3, 0.4) is 0 Å². The van der Waals surface area contributed by atoms with Crippen molar-refractivity contribution in [2.75, 3.05) is 37.6 Å². The van der Waals surface area contributed by atoms with Crippen molar-refractivity contribution in [1.82, 2.24) is 30.0 Å². The number of H-pyrrole nitrogens is 1. The maximum absolute atomic E-state index is 12.7. The van der Waals surface area contributed by atoms with Gasteiger partial charge in [-0.05, 0) is 19.1 Å². The van der Waals surface area contributed by atoms with Gasteiger partial charge in [0.25, 0.3) is 0 Å². The number of amides is 1. The van der Waals surface area contributed by atoms with Crippen molar-refractivity contribution >= 4 is 52.6 Å². The van der Waals surface area contributed by atoms with E-state index >= 15 is 0 Å². The van der Waals surface area contributed by atoms with Gasteiger partial charge in [-0.1, -0.05) is 12.1 Å². The molecule has 30 heavy (non-hydrogen) atoms. The number of benzene rings is 1. The van der Waals surface area contributed by atoms with Crippen LogP contribution in [0, 0.1) is 0 Å². The SMILES string of the molecule is CCNC(=NCCc1nc2ccccc2[nH]1)N1CCN(c2cnn(C)c2)C(=O)C1.I. The third kappa shape index (κ3) is 4.91. The molecule has 1 fully saturated rings. The first-order valence-electron chi connectivity index (χ1n) is 9.90. The zero-order valence-corrected chi connectivity index (χ0v) is 19.5. The number of aryl methyl sites for hydroxylation is 1. The molecule has 0 atom stereocenters. The summed E-state index contributed by atoms with van der Waals surface area (Å²) < 4.78 is 1.71. The number of anilines is 1. The molecular weight excluding hydrogens is 495 g/mol.